The topological polar surface area (TPSA) is 78.4 Å². The molecule has 1 atom stereocenters. The van der Waals surface area contributed by atoms with Gasteiger partial charge in [0.25, 0.3) is 0 Å². The van der Waals surface area contributed by atoms with E-state index >= 15 is 0 Å². The number of carbonyl (C=O) groups is 1. The Labute approximate surface area is 199 Å². The SMILES string of the molecule is CN=C(NCC1CCCN(C(=O)OC(C)(C)C)C1)NCC(C)(C)N1CCOCC1.I. The maximum Gasteiger partial charge on any atom is 0.410 e. The van der Waals surface area contributed by atoms with E-state index in [9.17, 15) is 4.79 Å². The van der Waals surface area contributed by atoms with Crippen molar-refractivity contribution in [3.63, 3.8) is 0 Å². The zero-order valence-corrected chi connectivity index (χ0v) is 22.0. The second-order valence-electron chi connectivity index (χ2n) is 9.65. The third-order valence-corrected chi connectivity index (χ3v) is 5.51. The first-order valence-electron chi connectivity index (χ1n) is 10.9. The number of guanidine groups is 1. The van der Waals surface area contributed by atoms with Crippen LogP contribution in [0.15, 0.2) is 4.99 Å². The third-order valence-electron chi connectivity index (χ3n) is 5.51. The van der Waals surface area contributed by atoms with Crippen LogP contribution in [0.3, 0.4) is 0 Å². The minimum atomic E-state index is -0.457. The molecule has 0 saturated carbocycles. The normalized spacial score (nSPS) is 21.6. The molecule has 0 bridgehead atoms. The van der Waals surface area contributed by atoms with E-state index in [1.807, 2.05) is 25.7 Å². The van der Waals surface area contributed by atoms with Gasteiger partial charge in [0, 0.05) is 51.9 Å². The van der Waals surface area contributed by atoms with Crippen molar-refractivity contribution < 1.29 is 14.3 Å². The van der Waals surface area contributed by atoms with Crippen molar-refractivity contribution in [1.82, 2.24) is 20.4 Å². The lowest BCUT2D eigenvalue weighted by atomic mass is 9.98. The van der Waals surface area contributed by atoms with Gasteiger partial charge >= 0.3 is 6.09 Å². The highest BCUT2D eigenvalue weighted by molar-refractivity contribution is 14.0. The summed E-state index contributed by atoms with van der Waals surface area (Å²) in [5, 5.41) is 6.90. The summed E-state index contributed by atoms with van der Waals surface area (Å²) in [5.74, 6) is 1.20. The zero-order chi connectivity index (χ0) is 21.5. The lowest BCUT2D eigenvalue weighted by molar-refractivity contribution is -0.00834. The predicted octanol–water partition coefficient (Wildman–Crippen LogP) is 2.53. The Morgan fingerprint density at radius 2 is 1.80 bits per heavy atom. The highest BCUT2D eigenvalue weighted by Crippen LogP contribution is 2.19. The van der Waals surface area contributed by atoms with Crippen LogP contribution in [0.5, 0.6) is 0 Å². The van der Waals surface area contributed by atoms with Gasteiger partial charge in [-0.1, -0.05) is 0 Å². The highest BCUT2D eigenvalue weighted by atomic mass is 127. The largest absolute Gasteiger partial charge is 0.444 e. The fraction of sp³-hybridized carbons (Fsp3) is 0.905. The Bertz CT molecular complexity index is 559. The number of aliphatic imine (C=N–C) groups is 1. The quantitative estimate of drug-likeness (QED) is 0.318. The van der Waals surface area contributed by atoms with Crippen LogP contribution >= 0.6 is 24.0 Å². The minimum Gasteiger partial charge on any atom is -0.444 e. The molecule has 2 fully saturated rings. The van der Waals surface area contributed by atoms with Gasteiger partial charge in [-0.15, -0.1) is 24.0 Å². The van der Waals surface area contributed by atoms with Crippen molar-refractivity contribution in [1.29, 1.82) is 0 Å². The Hall–Kier alpha value is -0.810. The Morgan fingerprint density at radius 1 is 1.13 bits per heavy atom. The molecule has 2 aliphatic rings. The monoisotopic (exact) mass is 539 g/mol. The van der Waals surface area contributed by atoms with E-state index in [2.05, 4.69) is 34.4 Å². The number of hydrogen-bond donors (Lipinski definition) is 2. The van der Waals surface area contributed by atoms with E-state index in [0.717, 1.165) is 71.3 Å². The minimum absolute atomic E-state index is 0. The molecule has 2 heterocycles. The van der Waals surface area contributed by atoms with Gasteiger partial charge in [-0.05, 0) is 53.4 Å². The van der Waals surface area contributed by atoms with E-state index in [1.165, 1.54) is 0 Å². The van der Waals surface area contributed by atoms with E-state index in [0.29, 0.717) is 5.92 Å². The van der Waals surface area contributed by atoms with Crippen LogP contribution < -0.4 is 10.6 Å². The molecule has 30 heavy (non-hydrogen) atoms. The van der Waals surface area contributed by atoms with Crippen LogP contribution in [0, 0.1) is 5.92 Å². The molecule has 1 unspecified atom stereocenters. The maximum absolute atomic E-state index is 12.4. The van der Waals surface area contributed by atoms with Crippen molar-refractivity contribution in [3.05, 3.63) is 0 Å². The smallest absolute Gasteiger partial charge is 0.410 e. The lowest BCUT2D eigenvalue weighted by Gasteiger charge is -2.41. The van der Waals surface area contributed by atoms with E-state index in [4.69, 9.17) is 9.47 Å². The summed E-state index contributed by atoms with van der Waals surface area (Å²) >= 11 is 0. The Kier molecular flexibility index (Phi) is 11.1. The summed E-state index contributed by atoms with van der Waals surface area (Å²) in [6.45, 7) is 16.8. The molecule has 0 aromatic carbocycles. The predicted molar refractivity (Wildman–Crippen MR) is 132 cm³/mol. The third kappa shape index (κ3) is 9.13. The average molecular weight is 540 g/mol. The molecule has 2 N–H and O–H groups in total. The molecular weight excluding hydrogens is 497 g/mol. The first-order chi connectivity index (χ1) is 13.6. The summed E-state index contributed by atoms with van der Waals surface area (Å²) in [5.41, 5.74) is -0.429. The number of nitrogens with one attached hydrogen (secondary N) is 2. The highest BCUT2D eigenvalue weighted by Gasteiger charge is 2.29. The molecule has 9 heteroatoms. The van der Waals surface area contributed by atoms with Gasteiger partial charge in [0.1, 0.15) is 5.60 Å². The van der Waals surface area contributed by atoms with Gasteiger partial charge in [-0.2, -0.15) is 0 Å². The number of ether oxygens (including phenoxy) is 2. The van der Waals surface area contributed by atoms with Gasteiger partial charge in [0.2, 0.25) is 0 Å². The molecule has 0 aliphatic carbocycles. The molecule has 0 radical (unpaired) electrons. The number of amides is 1. The van der Waals surface area contributed by atoms with Crippen molar-refractivity contribution in [2.24, 2.45) is 10.9 Å². The van der Waals surface area contributed by atoms with Gasteiger partial charge in [-0.25, -0.2) is 4.79 Å². The van der Waals surface area contributed by atoms with Gasteiger partial charge < -0.3 is 25.0 Å². The molecule has 8 nitrogen and oxygen atoms in total. The fourth-order valence-corrected chi connectivity index (χ4v) is 3.77. The molecule has 1 amide bonds. The second-order valence-corrected chi connectivity index (χ2v) is 9.65. The summed E-state index contributed by atoms with van der Waals surface area (Å²) in [6, 6.07) is 0. The van der Waals surface area contributed by atoms with Crippen LogP contribution in [-0.4, -0.2) is 92.5 Å². The van der Waals surface area contributed by atoms with E-state index < -0.39 is 5.60 Å². The molecule has 2 saturated heterocycles. The van der Waals surface area contributed by atoms with Crippen LogP contribution in [0.4, 0.5) is 4.79 Å². The number of carbonyl (C=O) groups excluding carboxylic acids is 1. The van der Waals surface area contributed by atoms with Crippen LogP contribution in [0.1, 0.15) is 47.5 Å². The van der Waals surface area contributed by atoms with Crippen molar-refractivity contribution >= 4 is 36.0 Å². The summed E-state index contributed by atoms with van der Waals surface area (Å²) in [4.78, 5) is 21.0. The Balaban J connectivity index is 0.00000450. The molecule has 176 valence electrons. The van der Waals surface area contributed by atoms with E-state index in [1.54, 1.807) is 7.05 Å². The number of halogens is 1. The number of morpholine rings is 1. The fourth-order valence-electron chi connectivity index (χ4n) is 3.77. The molecule has 2 aliphatic heterocycles. The number of rotatable bonds is 5. The van der Waals surface area contributed by atoms with Gasteiger partial charge in [-0.3, -0.25) is 9.89 Å². The van der Waals surface area contributed by atoms with Gasteiger partial charge in [0.15, 0.2) is 5.96 Å². The van der Waals surface area contributed by atoms with Gasteiger partial charge in [0.05, 0.1) is 13.2 Å². The zero-order valence-electron chi connectivity index (χ0n) is 19.6. The Morgan fingerprint density at radius 3 is 2.40 bits per heavy atom. The summed E-state index contributed by atoms with van der Waals surface area (Å²) in [6.07, 6.45) is 1.89. The summed E-state index contributed by atoms with van der Waals surface area (Å²) in [7, 11) is 1.80. The van der Waals surface area contributed by atoms with E-state index in [-0.39, 0.29) is 35.6 Å². The van der Waals surface area contributed by atoms with Crippen LogP contribution in [0.25, 0.3) is 0 Å². The average Bonchev–Trinajstić information content (AvgIpc) is 2.68. The first-order valence-corrected chi connectivity index (χ1v) is 10.9. The van der Waals surface area contributed by atoms with Crippen molar-refractivity contribution in [3.8, 4) is 0 Å². The summed E-state index contributed by atoms with van der Waals surface area (Å²) < 4.78 is 11.0. The molecule has 0 aromatic heterocycles. The maximum atomic E-state index is 12.4. The second kappa shape index (κ2) is 12.3. The molecule has 0 spiro atoms. The molecule has 0 aromatic rings. The molecule has 2 rings (SSSR count). The number of nitrogens with zero attached hydrogens (tertiary/aromatic N) is 3. The lowest BCUT2D eigenvalue weighted by Crippen LogP contribution is -2.56. The number of likely N-dealkylation sites (tertiary alicyclic amines) is 1. The van der Waals surface area contributed by atoms with Crippen LogP contribution in [-0.2, 0) is 9.47 Å². The first kappa shape index (κ1) is 27.2. The van der Waals surface area contributed by atoms with Crippen molar-refractivity contribution in [2.75, 3.05) is 59.5 Å². The number of piperidine rings is 1. The standard InChI is InChI=1S/C21H41N5O3.HI/c1-20(2,3)29-19(27)25-9-7-8-17(15-25)14-23-18(22-6)24-16-21(4,5)26-10-12-28-13-11-26;/h17H,7-16H2,1-6H3,(H2,22,23,24);1H. The number of hydrogen-bond acceptors (Lipinski definition) is 5. The van der Waals surface area contributed by atoms with Crippen LogP contribution in [0.2, 0.25) is 0 Å². The van der Waals surface area contributed by atoms with Crippen molar-refractivity contribution in [2.45, 2.75) is 58.6 Å². The molecular formula is C21H42IN5O3.